The van der Waals surface area contributed by atoms with Gasteiger partial charge in [-0.25, -0.2) is 0 Å². The minimum absolute atomic E-state index is 0.174. The Morgan fingerprint density at radius 1 is 0.767 bits per heavy atom. The smallest absolute Gasteiger partial charge is 0.255 e. The fourth-order valence-electron chi connectivity index (χ4n) is 3.27. The van der Waals surface area contributed by atoms with Crippen LogP contribution >= 0.6 is 0 Å². The Morgan fingerprint density at radius 3 is 2.20 bits per heavy atom. The summed E-state index contributed by atoms with van der Waals surface area (Å²) >= 11 is 0. The molecule has 4 rings (SSSR count). The first-order valence-corrected chi connectivity index (χ1v) is 9.93. The van der Waals surface area contributed by atoms with E-state index in [4.69, 9.17) is 4.74 Å². The number of benzene rings is 3. The fourth-order valence-corrected chi connectivity index (χ4v) is 3.27. The number of para-hydroxylation sites is 1. The molecule has 0 unspecified atom stereocenters. The Kier molecular flexibility index (Phi) is 6.06. The maximum absolute atomic E-state index is 12.6. The number of ether oxygens (including phenoxy) is 1. The summed E-state index contributed by atoms with van der Waals surface area (Å²) in [5.74, 6) is -0.418. The summed E-state index contributed by atoms with van der Waals surface area (Å²) in [7, 11) is 0. The van der Waals surface area contributed by atoms with Crippen molar-refractivity contribution >= 4 is 34.6 Å². The summed E-state index contributed by atoms with van der Waals surface area (Å²) in [5.41, 5.74) is 3.65. The molecule has 152 valence electrons. The molecular weight excluding hydrogens is 378 g/mol. The lowest BCUT2D eigenvalue weighted by Crippen LogP contribution is -2.27. The molecule has 0 aliphatic carbocycles. The Hall–Kier alpha value is -3.64. The number of anilines is 4. The molecule has 1 fully saturated rings. The van der Waals surface area contributed by atoms with E-state index < -0.39 is 6.10 Å². The highest BCUT2D eigenvalue weighted by Crippen LogP contribution is 2.20. The molecule has 1 atom stereocenters. The first-order valence-electron chi connectivity index (χ1n) is 9.93. The van der Waals surface area contributed by atoms with Gasteiger partial charge < -0.3 is 20.7 Å². The van der Waals surface area contributed by atoms with Gasteiger partial charge in [0, 0.05) is 34.9 Å². The average Bonchev–Trinajstić information content (AvgIpc) is 3.31. The summed E-state index contributed by atoms with van der Waals surface area (Å²) in [4.78, 5) is 24.8. The van der Waals surface area contributed by atoms with Crippen LogP contribution in [0.4, 0.5) is 22.7 Å². The van der Waals surface area contributed by atoms with E-state index in [0.29, 0.717) is 23.5 Å². The van der Waals surface area contributed by atoms with E-state index in [-0.39, 0.29) is 11.8 Å². The number of carbonyl (C=O) groups is 2. The Labute approximate surface area is 175 Å². The topological polar surface area (TPSA) is 79.5 Å². The predicted molar refractivity (Wildman–Crippen MR) is 118 cm³/mol. The Balaban J connectivity index is 1.37. The predicted octanol–water partition coefficient (Wildman–Crippen LogP) is 4.80. The second-order valence-corrected chi connectivity index (χ2v) is 7.09. The van der Waals surface area contributed by atoms with E-state index in [1.165, 1.54) is 0 Å². The van der Waals surface area contributed by atoms with Crippen molar-refractivity contribution in [2.24, 2.45) is 0 Å². The molecule has 0 radical (unpaired) electrons. The van der Waals surface area contributed by atoms with Crippen molar-refractivity contribution in [3.05, 3.63) is 84.4 Å². The molecule has 1 aliphatic rings. The third kappa shape index (κ3) is 5.04. The first kappa shape index (κ1) is 19.7. The molecule has 6 heteroatoms. The molecule has 30 heavy (non-hydrogen) atoms. The molecule has 6 nitrogen and oxygen atoms in total. The monoisotopic (exact) mass is 401 g/mol. The van der Waals surface area contributed by atoms with Gasteiger partial charge in [-0.1, -0.05) is 24.3 Å². The van der Waals surface area contributed by atoms with Crippen LogP contribution in [0.1, 0.15) is 23.2 Å². The van der Waals surface area contributed by atoms with E-state index in [1.807, 2.05) is 54.6 Å². The zero-order chi connectivity index (χ0) is 20.8. The van der Waals surface area contributed by atoms with Crippen LogP contribution in [0.15, 0.2) is 78.9 Å². The quantitative estimate of drug-likeness (QED) is 0.554. The van der Waals surface area contributed by atoms with Crippen LogP contribution in [0, 0.1) is 0 Å². The van der Waals surface area contributed by atoms with Gasteiger partial charge >= 0.3 is 0 Å². The highest BCUT2D eigenvalue weighted by atomic mass is 16.5. The van der Waals surface area contributed by atoms with Crippen LogP contribution in [0.2, 0.25) is 0 Å². The summed E-state index contributed by atoms with van der Waals surface area (Å²) in [6.45, 7) is 0.611. The van der Waals surface area contributed by atoms with Gasteiger partial charge in [-0.15, -0.1) is 0 Å². The number of rotatable bonds is 6. The lowest BCUT2D eigenvalue weighted by Gasteiger charge is -2.12. The molecule has 1 heterocycles. The van der Waals surface area contributed by atoms with Gasteiger partial charge in [0.15, 0.2) is 0 Å². The van der Waals surface area contributed by atoms with E-state index in [1.54, 1.807) is 24.3 Å². The van der Waals surface area contributed by atoms with Crippen molar-refractivity contribution in [1.29, 1.82) is 0 Å². The second kappa shape index (κ2) is 9.24. The number of amides is 2. The van der Waals surface area contributed by atoms with Gasteiger partial charge in [0.2, 0.25) is 0 Å². The summed E-state index contributed by atoms with van der Waals surface area (Å²) < 4.78 is 5.39. The van der Waals surface area contributed by atoms with Gasteiger partial charge in [0.05, 0.1) is 0 Å². The largest absolute Gasteiger partial charge is 0.368 e. The molecule has 0 bridgehead atoms. The number of carbonyl (C=O) groups excluding carboxylic acids is 2. The lowest BCUT2D eigenvalue weighted by atomic mass is 10.1. The molecule has 0 spiro atoms. The van der Waals surface area contributed by atoms with Crippen LogP contribution in [0.25, 0.3) is 0 Å². The maximum atomic E-state index is 12.6. The summed E-state index contributed by atoms with van der Waals surface area (Å²) in [6.07, 6.45) is 1.20. The molecule has 3 aromatic rings. The van der Waals surface area contributed by atoms with Crippen LogP contribution in [-0.4, -0.2) is 24.5 Å². The standard InChI is InChI=1S/C24H23N3O3/c28-23(17-6-4-9-21(16-17)27-24(29)22-10-5-15-30-22)26-20-13-11-19(12-14-20)25-18-7-2-1-3-8-18/h1-4,6-9,11-14,16,22,25H,5,10,15H2,(H,26,28)(H,27,29)/t22-/m0/s1. The maximum Gasteiger partial charge on any atom is 0.255 e. The zero-order valence-electron chi connectivity index (χ0n) is 16.4. The minimum Gasteiger partial charge on any atom is -0.368 e. The van der Waals surface area contributed by atoms with E-state index >= 15 is 0 Å². The molecule has 1 aliphatic heterocycles. The van der Waals surface area contributed by atoms with Crippen molar-refractivity contribution in [2.45, 2.75) is 18.9 Å². The number of nitrogens with one attached hydrogen (secondary N) is 3. The van der Waals surface area contributed by atoms with Crippen LogP contribution < -0.4 is 16.0 Å². The molecule has 3 N–H and O–H groups in total. The van der Waals surface area contributed by atoms with Gasteiger partial charge in [-0.05, 0) is 67.4 Å². The SMILES string of the molecule is O=C(Nc1ccc(Nc2ccccc2)cc1)c1cccc(NC(=O)[C@@H]2CCCO2)c1. The normalized spacial score (nSPS) is 15.4. The van der Waals surface area contributed by atoms with Crippen LogP contribution in [0.3, 0.4) is 0 Å². The lowest BCUT2D eigenvalue weighted by molar-refractivity contribution is -0.124. The van der Waals surface area contributed by atoms with E-state index in [2.05, 4.69) is 16.0 Å². The van der Waals surface area contributed by atoms with Crippen molar-refractivity contribution in [3.8, 4) is 0 Å². The van der Waals surface area contributed by atoms with Crippen molar-refractivity contribution in [3.63, 3.8) is 0 Å². The fraction of sp³-hybridized carbons (Fsp3) is 0.167. The number of hydrogen-bond donors (Lipinski definition) is 3. The van der Waals surface area contributed by atoms with Crippen molar-refractivity contribution < 1.29 is 14.3 Å². The third-order valence-corrected chi connectivity index (χ3v) is 4.82. The molecule has 1 saturated heterocycles. The van der Waals surface area contributed by atoms with Crippen LogP contribution in [0.5, 0.6) is 0 Å². The highest BCUT2D eigenvalue weighted by Gasteiger charge is 2.23. The van der Waals surface area contributed by atoms with E-state index in [0.717, 1.165) is 24.2 Å². The second-order valence-electron chi connectivity index (χ2n) is 7.09. The highest BCUT2D eigenvalue weighted by molar-refractivity contribution is 6.05. The van der Waals surface area contributed by atoms with Crippen molar-refractivity contribution in [1.82, 2.24) is 0 Å². The molecule has 2 amide bonds. The number of hydrogen-bond acceptors (Lipinski definition) is 4. The zero-order valence-corrected chi connectivity index (χ0v) is 16.4. The average molecular weight is 401 g/mol. The van der Waals surface area contributed by atoms with Gasteiger partial charge in [-0.3, -0.25) is 9.59 Å². The summed E-state index contributed by atoms with van der Waals surface area (Å²) in [5, 5.41) is 9.00. The third-order valence-electron chi connectivity index (χ3n) is 4.82. The van der Waals surface area contributed by atoms with Crippen LogP contribution in [-0.2, 0) is 9.53 Å². The Bertz CT molecular complexity index is 1010. The van der Waals surface area contributed by atoms with Crippen molar-refractivity contribution in [2.75, 3.05) is 22.6 Å². The molecule has 0 aromatic heterocycles. The summed E-state index contributed by atoms with van der Waals surface area (Å²) in [6, 6.07) is 24.2. The molecule has 0 saturated carbocycles. The van der Waals surface area contributed by atoms with E-state index in [9.17, 15) is 9.59 Å². The molecule has 3 aromatic carbocycles. The van der Waals surface area contributed by atoms with Gasteiger partial charge in [-0.2, -0.15) is 0 Å². The first-order chi connectivity index (χ1) is 14.7. The minimum atomic E-state index is -0.412. The Morgan fingerprint density at radius 2 is 1.47 bits per heavy atom. The van der Waals surface area contributed by atoms with Gasteiger partial charge in [0.25, 0.3) is 11.8 Å². The van der Waals surface area contributed by atoms with Gasteiger partial charge in [0.1, 0.15) is 6.10 Å². The molecular formula is C24H23N3O3.